The van der Waals surface area contributed by atoms with Gasteiger partial charge in [-0.2, -0.15) is 0 Å². The Morgan fingerprint density at radius 2 is 2.30 bits per heavy atom. The number of rotatable bonds is 4. The van der Waals surface area contributed by atoms with Gasteiger partial charge in [0.1, 0.15) is 12.3 Å². The van der Waals surface area contributed by atoms with Crippen LogP contribution in [0, 0.1) is 0 Å². The monoisotopic (exact) mass is 293 g/mol. The lowest BCUT2D eigenvalue weighted by molar-refractivity contribution is -0.166. The predicted octanol–water partition coefficient (Wildman–Crippen LogP) is 2.75. The number of aliphatic hydroxyl groups is 1. The molecule has 0 spiro atoms. The third-order valence-electron chi connectivity index (χ3n) is 3.48. The Bertz CT molecular complexity index is 584. The van der Waals surface area contributed by atoms with Crippen LogP contribution in [0.3, 0.4) is 0 Å². The summed E-state index contributed by atoms with van der Waals surface area (Å²) in [4.78, 5) is 12.8. The van der Waals surface area contributed by atoms with Crippen molar-refractivity contribution >= 4 is 17.3 Å². The average molecular weight is 293 g/mol. The van der Waals surface area contributed by atoms with Gasteiger partial charge >= 0.3 is 5.97 Å². The highest BCUT2D eigenvalue weighted by atomic mass is 32.1. The molecule has 0 aromatic carbocycles. The van der Waals surface area contributed by atoms with Crippen LogP contribution in [0.5, 0.6) is 0 Å². The van der Waals surface area contributed by atoms with E-state index in [9.17, 15) is 9.90 Å². The zero-order valence-corrected chi connectivity index (χ0v) is 11.7. The van der Waals surface area contributed by atoms with Gasteiger partial charge in [0.2, 0.25) is 0 Å². The number of hydrogen-bond acceptors (Lipinski definition) is 6. The maximum Gasteiger partial charge on any atom is 0.338 e. The topological polar surface area (TPSA) is 72.6 Å². The first-order valence-corrected chi connectivity index (χ1v) is 7.44. The second kappa shape index (κ2) is 5.38. The molecule has 2 heterocycles. The summed E-state index contributed by atoms with van der Waals surface area (Å²) in [6.45, 7) is 0.0238. The average Bonchev–Trinajstić information content (AvgIpc) is 3.17. The number of carbonyl (C=O) groups excluding carboxylic acids is 1. The van der Waals surface area contributed by atoms with Crippen molar-refractivity contribution in [2.24, 2.45) is 0 Å². The minimum atomic E-state index is -1.31. The van der Waals surface area contributed by atoms with Crippen LogP contribution in [0.4, 0.5) is 0 Å². The second-order valence-electron chi connectivity index (χ2n) is 4.97. The zero-order chi connectivity index (χ0) is 14.0. The Morgan fingerprint density at radius 3 is 3.00 bits per heavy atom. The molecule has 106 valence electrons. The molecule has 3 rings (SSSR count). The van der Waals surface area contributed by atoms with Gasteiger partial charge < -0.3 is 14.4 Å². The molecule has 6 heteroatoms. The molecule has 1 saturated carbocycles. The van der Waals surface area contributed by atoms with Gasteiger partial charge in [0.25, 0.3) is 0 Å². The highest BCUT2D eigenvalue weighted by Crippen LogP contribution is 2.31. The quantitative estimate of drug-likeness (QED) is 0.877. The summed E-state index contributed by atoms with van der Waals surface area (Å²) in [7, 11) is 0. The largest absolute Gasteiger partial charge is 0.457 e. The van der Waals surface area contributed by atoms with Crippen LogP contribution < -0.4 is 0 Å². The Morgan fingerprint density at radius 1 is 1.50 bits per heavy atom. The van der Waals surface area contributed by atoms with Gasteiger partial charge in [-0.15, -0.1) is 11.3 Å². The molecule has 1 aliphatic rings. The van der Waals surface area contributed by atoms with E-state index in [2.05, 4.69) is 5.16 Å². The first-order chi connectivity index (χ1) is 9.67. The minimum Gasteiger partial charge on any atom is -0.457 e. The number of ether oxygens (including phenoxy) is 1. The number of hydrogen-bond donors (Lipinski definition) is 1. The van der Waals surface area contributed by atoms with E-state index in [0.717, 1.165) is 17.7 Å². The molecule has 1 fully saturated rings. The Labute approximate surface area is 120 Å². The molecular weight excluding hydrogens is 278 g/mol. The molecule has 1 N–H and O–H groups in total. The molecule has 2 aromatic rings. The first kappa shape index (κ1) is 13.3. The van der Waals surface area contributed by atoms with E-state index in [4.69, 9.17) is 9.26 Å². The van der Waals surface area contributed by atoms with Crippen LogP contribution in [0.15, 0.2) is 28.1 Å². The number of carbonyl (C=O) groups is 1. The molecule has 0 unspecified atom stereocenters. The fraction of sp³-hybridized carbons (Fsp3) is 0.429. The third kappa shape index (κ3) is 2.62. The van der Waals surface area contributed by atoms with E-state index in [1.165, 1.54) is 0 Å². The third-order valence-corrected chi connectivity index (χ3v) is 4.37. The lowest BCUT2D eigenvalue weighted by Crippen LogP contribution is -2.36. The van der Waals surface area contributed by atoms with Crippen LogP contribution in [-0.2, 0) is 16.1 Å². The lowest BCUT2D eigenvalue weighted by atomic mass is 10.0. The summed E-state index contributed by atoms with van der Waals surface area (Å²) in [5.74, 6) is 0.0984. The molecule has 0 radical (unpaired) electrons. The van der Waals surface area contributed by atoms with E-state index < -0.39 is 11.6 Å². The first-order valence-electron chi connectivity index (χ1n) is 6.56. The van der Waals surface area contributed by atoms with Gasteiger partial charge in [0.05, 0.1) is 4.88 Å². The maximum atomic E-state index is 11.8. The van der Waals surface area contributed by atoms with E-state index >= 15 is 0 Å². The fourth-order valence-electron chi connectivity index (χ4n) is 2.35. The Kier molecular flexibility index (Phi) is 3.58. The molecule has 2 aromatic heterocycles. The summed E-state index contributed by atoms with van der Waals surface area (Å²) in [6, 6.07) is 5.61. The zero-order valence-electron chi connectivity index (χ0n) is 10.9. The Balaban J connectivity index is 1.60. The fourth-order valence-corrected chi connectivity index (χ4v) is 3.03. The summed E-state index contributed by atoms with van der Waals surface area (Å²) in [6.07, 6.45) is 2.67. The van der Waals surface area contributed by atoms with Gasteiger partial charge in [-0.3, -0.25) is 0 Å². The number of aromatic nitrogens is 1. The van der Waals surface area contributed by atoms with Crippen molar-refractivity contribution in [3.63, 3.8) is 0 Å². The number of nitrogens with zero attached hydrogens (tertiary/aromatic N) is 1. The van der Waals surface area contributed by atoms with Crippen LogP contribution in [-0.4, -0.2) is 21.8 Å². The highest BCUT2D eigenvalue weighted by molar-refractivity contribution is 7.13. The number of esters is 1. The van der Waals surface area contributed by atoms with Crippen molar-refractivity contribution in [3.8, 4) is 10.6 Å². The molecule has 20 heavy (non-hydrogen) atoms. The molecular formula is C14H15NO4S. The van der Waals surface area contributed by atoms with E-state index in [-0.39, 0.29) is 6.61 Å². The summed E-state index contributed by atoms with van der Waals surface area (Å²) >= 11 is 1.55. The standard InChI is InChI=1S/C14H15NO4S/c16-13(14(17)5-1-2-6-14)18-9-10-8-11(19-15-10)12-4-3-7-20-12/h3-4,7-8,17H,1-2,5-6,9H2. The van der Waals surface area contributed by atoms with Crippen LogP contribution in [0.1, 0.15) is 31.4 Å². The molecule has 0 saturated heterocycles. The smallest absolute Gasteiger partial charge is 0.338 e. The van der Waals surface area contributed by atoms with Crippen molar-refractivity contribution in [3.05, 3.63) is 29.3 Å². The molecule has 0 atom stereocenters. The summed E-state index contributed by atoms with van der Waals surface area (Å²) in [5, 5.41) is 15.9. The SMILES string of the molecule is O=C(OCc1cc(-c2cccs2)on1)C1(O)CCCC1. The highest BCUT2D eigenvalue weighted by Gasteiger charge is 2.40. The summed E-state index contributed by atoms with van der Waals surface area (Å²) < 4.78 is 10.3. The predicted molar refractivity (Wildman–Crippen MR) is 73.0 cm³/mol. The van der Waals surface area contributed by atoms with Crippen LogP contribution in [0.25, 0.3) is 10.6 Å². The van der Waals surface area contributed by atoms with Gasteiger partial charge in [-0.1, -0.05) is 11.2 Å². The van der Waals surface area contributed by atoms with Gasteiger partial charge in [-0.05, 0) is 37.1 Å². The van der Waals surface area contributed by atoms with Crippen molar-refractivity contribution in [2.45, 2.75) is 37.9 Å². The van der Waals surface area contributed by atoms with Gasteiger partial charge in [0.15, 0.2) is 11.4 Å². The molecule has 0 bridgehead atoms. The minimum absolute atomic E-state index is 0.0238. The molecule has 0 amide bonds. The van der Waals surface area contributed by atoms with Crippen molar-refractivity contribution < 1.29 is 19.2 Å². The van der Waals surface area contributed by atoms with Crippen LogP contribution >= 0.6 is 11.3 Å². The Hall–Kier alpha value is -1.66. The van der Waals surface area contributed by atoms with Crippen LogP contribution in [0.2, 0.25) is 0 Å². The maximum absolute atomic E-state index is 11.8. The lowest BCUT2D eigenvalue weighted by Gasteiger charge is -2.19. The van der Waals surface area contributed by atoms with Crippen molar-refractivity contribution in [1.82, 2.24) is 5.16 Å². The molecule has 5 nitrogen and oxygen atoms in total. The van der Waals surface area contributed by atoms with E-state index in [1.54, 1.807) is 17.4 Å². The van der Waals surface area contributed by atoms with Gasteiger partial charge in [0, 0.05) is 6.07 Å². The van der Waals surface area contributed by atoms with Crippen molar-refractivity contribution in [2.75, 3.05) is 0 Å². The van der Waals surface area contributed by atoms with Crippen molar-refractivity contribution in [1.29, 1.82) is 0 Å². The van der Waals surface area contributed by atoms with Gasteiger partial charge in [-0.25, -0.2) is 4.79 Å². The number of thiophene rings is 1. The molecule has 1 aliphatic carbocycles. The second-order valence-corrected chi connectivity index (χ2v) is 5.92. The normalized spacial score (nSPS) is 17.2. The summed E-state index contributed by atoms with van der Waals surface area (Å²) in [5.41, 5.74) is -0.760. The van der Waals surface area contributed by atoms with E-state index in [0.29, 0.717) is 24.3 Å². The van der Waals surface area contributed by atoms with E-state index in [1.807, 2.05) is 17.5 Å². The molecule has 0 aliphatic heterocycles.